The van der Waals surface area contributed by atoms with Gasteiger partial charge in [0.2, 0.25) is 12.7 Å². The third-order valence-electron chi connectivity index (χ3n) is 4.06. The standard InChI is InChI=1S/C16H22N2O3/c19-16(10-17-12-5-3-1-2-4-6-12)18-13-7-8-14-15(9-13)21-11-20-14/h7-9,12,17H,1-6,10-11H2,(H,18,19). The van der Waals surface area contributed by atoms with E-state index in [1.54, 1.807) is 6.07 Å². The first-order valence-electron chi connectivity index (χ1n) is 7.74. The van der Waals surface area contributed by atoms with Crippen LogP contribution in [0.1, 0.15) is 38.5 Å². The smallest absolute Gasteiger partial charge is 0.238 e. The van der Waals surface area contributed by atoms with Gasteiger partial charge in [0.25, 0.3) is 0 Å². The molecule has 5 heteroatoms. The van der Waals surface area contributed by atoms with Crippen LogP contribution in [0.2, 0.25) is 0 Å². The van der Waals surface area contributed by atoms with Gasteiger partial charge in [-0.25, -0.2) is 0 Å². The highest BCUT2D eigenvalue weighted by Gasteiger charge is 2.15. The fourth-order valence-electron chi connectivity index (χ4n) is 2.90. The largest absolute Gasteiger partial charge is 0.454 e. The molecule has 0 saturated heterocycles. The molecule has 0 atom stereocenters. The molecule has 1 amide bonds. The van der Waals surface area contributed by atoms with Crippen LogP contribution >= 0.6 is 0 Å². The van der Waals surface area contributed by atoms with E-state index < -0.39 is 0 Å². The molecule has 0 bridgehead atoms. The summed E-state index contributed by atoms with van der Waals surface area (Å²) in [6, 6.07) is 5.93. The first-order valence-corrected chi connectivity index (χ1v) is 7.74. The number of carbonyl (C=O) groups excluding carboxylic acids is 1. The summed E-state index contributed by atoms with van der Waals surface area (Å²) in [6.07, 6.45) is 7.53. The Labute approximate surface area is 125 Å². The monoisotopic (exact) mass is 290 g/mol. The molecule has 1 fully saturated rings. The quantitative estimate of drug-likeness (QED) is 0.837. The number of nitrogens with one attached hydrogen (secondary N) is 2. The minimum absolute atomic E-state index is 0.0156. The second-order valence-electron chi connectivity index (χ2n) is 5.69. The highest BCUT2D eigenvalue weighted by atomic mass is 16.7. The van der Waals surface area contributed by atoms with E-state index in [0.717, 1.165) is 11.4 Å². The molecule has 0 aromatic heterocycles. The van der Waals surface area contributed by atoms with Gasteiger partial charge in [0.15, 0.2) is 11.5 Å². The van der Waals surface area contributed by atoms with Gasteiger partial charge in [0.05, 0.1) is 6.54 Å². The van der Waals surface area contributed by atoms with Crippen LogP contribution in [0.15, 0.2) is 18.2 Å². The first-order chi connectivity index (χ1) is 10.3. The number of ether oxygens (including phenoxy) is 2. The van der Waals surface area contributed by atoms with E-state index in [1.165, 1.54) is 38.5 Å². The summed E-state index contributed by atoms with van der Waals surface area (Å²) in [4.78, 5) is 12.0. The van der Waals surface area contributed by atoms with Crippen molar-refractivity contribution in [1.82, 2.24) is 5.32 Å². The van der Waals surface area contributed by atoms with E-state index in [2.05, 4.69) is 10.6 Å². The topological polar surface area (TPSA) is 59.6 Å². The zero-order valence-corrected chi connectivity index (χ0v) is 12.2. The van der Waals surface area contributed by atoms with Crippen LogP contribution in [-0.2, 0) is 4.79 Å². The number of rotatable bonds is 4. The van der Waals surface area contributed by atoms with Gasteiger partial charge in [-0.15, -0.1) is 0 Å². The number of carbonyl (C=O) groups is 1. The van der Waals surface area contributed by atoms with E-state index in [9.17, 15) is 4.79 Å². The second-order valence-corrected chi connectivity index (χ2v) is 5.69. The summed E-state index contributed by atoms with van der Waals surface area (Å²) >= 11 is 0. The molecule has 1 aliphatic heterocycles. The molecule has 5 nitrogen and oxygen atoms in total. The second kappa shape index (κ2) is 6.80. The van der Waals surface area contributed by atoms with Crippen molar-refractivity contribution < 1.29 is 14.3 Å². The zero-order valence-electron chi connectivity index (χ0n) is 12.2. The van der Waals surface area contributed by atoms with E-state index >= 15 is 0 Å². The van der Waals surface area contributed by atoms with Crippen molar-refractivity contribution in [3.8, 4) is 11.5 Å². The lowest BCUT2D eigenvalue weighted by Crippen LogP contribution is -2.35. The normalized spacial score (nSPS) is 18.3. The zero-order chi connectivity index (χ0) is 14.5. The van der Waals surface area contributed by atoms with Crippen molar-refractivity contribution in [2.75, 3.05) is 18.7 Å². The van der Waals surface area contributed by atoms with E-state index in [0.29, 0.717) is 18.3 Å². The maximum atomic E-state index is 12.0. The van der Waals surface area contributed by atoms with E-state index in [-0.39, 0.29) is 12.7 Å². The van der Waals surface area contributed by atoms with Crippen LogP contribution in [0.25, 0.3) is 0 Å². The Hall–Kier alpha value is -1.75. The Kier molecular flexibility index (Phi) is 4.60. The van der Waals surface area contributed by atoms with Crippen LogP contribution in [0.3, 0.4) is 0 Å². The summed E-state index contributed by atoms with van der Waals surface area (Å²) in [6.45, 7) is 0.606. The molecule has 1 aliphatic carbocycles. The lowest BCUT2D eigenvalue weighted by molar-refractivity contribution is -0.115. The fraction of sp³-hybridized carbons (Fsp3) is 0.562. The fourth-order valence-corrected chi connectivity index (χ4v) is 2.90. The third kappa shape index (κ3) is 3.88. The van der Waals surface area contributed by atoms with Gasteiger partial charge in [0.1, 0.15) is 0 Å². The number of hydrogen-bond acceptors (Lipinski definition) is 4. The molecule has 1 aromatic carbocycles. The van der Waals surface area contributed by atoms with Crippen molar-refractivity contribution in [2.45, 2.75) is 44.6 Å². The predicted molar refractivity (Wildman–Crippen MR) is 80.7 cm³/mol. The van der Waals surface area contributed by atoms with Gasteiger partial charge in [-0.2, -0.15) is 0 Å². The Morgan fingerprint density at radius 2 is 1.86 bits per heavy atom. The third-order valence-corrected chi connectivity index (χ3v) is 4.06. The van der Waals surface area contributed by atoms with Gasteiger partial charge < -0.3 is 20.1 Å². The van der Waals surface area contributed by atoms with Crippen molar-refractivity contribution in [3.05, 3.63) is 18.2 Å². The summed E-state index contributed by atoms with van der Waals surface area (Å²) in [5, 5.41) is 6.26. The Balaban J connectivity index is 1.47. The van der Waals surface area contributed by atoms with Gasteiger partial charge in [-0.3, -0.25) is 4.79 Å². The number of fused-ring (bicyclic) bond motifs is 1. The minimum Gasteiger partial charge on any atom is -0.454 e. The Morgan fingerprint density at radius 1 is 1.10 bits per heavy atom. The van der Waals surface area contributed by atoms with E-state index in [1.807, 2.05) is 12.1 Å². The summed E-state index contributed by atoms with van der Waals surface area (Å²) < 4.78 is 10.6. The van der Waals surface area contributed by atoms with Crippen molar-refractivity contribution >= 4 is 11.6 Å². The molecular formula is C16H22N2O3. The minimum atomic E-state index is -0.0156. The summed E-state index contributed by atoms with van der Waals surface area (Å²) in [5.41, 5.74) is 0.743. The van der Waals surface area contributed by atoms with Gasteiger partial charge in [-0.05, 0) is 25.0 Å². The van der Waals surface area contributed by atoms with Crippen LogP contribution in [0.4, 0.5) is 5.69 Å². The molecule has 1 heterocycles. The molecular weight excluding hydrogens is 268 g/mol. The van der Waals surface area contributed by atoms with Crippen molar-refractivity contribution in [1.29, 1.82) is 0 Å². The first kappa shape index (κ1) is 14.2. The number of amides is 1. The highest BCUT2D eigenvalue weighted by molar-refractivity contribution is 5.92. The average molecular weight is 290 g/mol. The van der Waals surface area contributed by atoms with E-state index in [4.69, 9.17) is 9.47 Å². The van der Waals surface area contributed by atoms with Crippen molar-refractivity contribution in [2.24, 2.45) is 0 Å². The van der Waals surface area contributed by atoms with Crippen LogP contribution in [0, 0.1) is 0 Å². The number of benzene rings is 1. The maximum absolute atomic E-state index is 12.0. The molecule has 0 radical (unpaired) electrons. The Morgan fingerprint density at radius 3 is 2.67 bits per heavy atom. The molecule has 0 spiro atoms. The number of anilines is 1. The predicted octanol–water partition coefficient (Wildman–Crippen LogP) is 2.67. The van der Waals surface area contributed by atoms with Crippen molar-refractivity contribution in [3.63, 3.8) is 0 Å². The van der Waals surface area contributed by atoms with Crippen LogP contribution in [0.5, 0.6) is 11.5 Å². The van der Waals surface area contributed by atoms with Gasteiger partial charge >= 0.3 is 0 Å². The molecule has 3 rings (SSSR count). The maximum Gasteiger partial charge on any atom is 0.238 e. The number of hydrogen-bond donors (Lipinski definition) is 2. The molecule has 2 N–H and O–H groups in total. The SMILES string of the molecule is O=C(CNC1CCCCCC1)Nc1ccc2c(c1)OCO2. The summed E-state index contributed by atoms with van der Waals surface area (Å²) in [5.74, 6) is 1.40. The molecule has 1 saturated carbocycles. The van der Waals surface area contributed by atoms with Gasteiger partial charge in [0, 0.05) is 17.8 Å². The molecule has 1 aromatic rings. The lowest BCUT2D eigenvalue weighted by Gasteiger charge is -2.15. The molecule has 114 valence electrons. The van der Waals surface area contributed by atoms with Gasteiger partial charge in [-0.1, -0.05) is 25.7 Å². The molecule has 21 heavy (non-hydrogen) atoms. The summed E-state index contributed by atoms with van der Waals surface area (Å²) in [7, 11) is 0. The van der Waals surface area contributed by atoms with Crippen LogP contribution in [-0.4, -0.2) is 25.3 Å². The lowest BCUT2D eigenvalue weighted by atomic mass is 10.1. The highest BCUT2D eigenvalue weighted by Crippen LogP contribution is 2.34. The average Bonchev–Trinajstić information content (AvgIpc) is 2.79. The Bertz CT molecular complexity index is 496. The molecule has 2 aliphatic rings. The van der Waals surface area contributed by atoms with Crippen LogP contribution < -0.4 is 20.1 Å². The molecule has 0 unspecified atom stereocenters.